The number of carbonyl (C=O) groups excluding carboxylic acids is 1. The van der Waals surface area contributed by atoms with Crippen molar-refractivity contribution in [3.05, 3.63) is 41.5 Å². The summed E-state index contributed by atoms with van der Waals surface area (Å²) in [4.78, 5) is 18.2. The molecule has 28 heavy (non-hydrogen) atoms. The molecule has 8 nitrogen and oxygen atoms in total. The number of nitrogens with one attached hydrogen (secondary N) is 2. The van der Waals surface area contributed by atoms with Crippen LogP contribution in [-0.2, 0) is 11.3 Å². The second-order valence-electron chi connectivity index (χ2n) is 6.48. The van der Waals surface area contributed by atoms with Crippen molar-refractivity contribution >= 4 is 33.9 Å². The molecule has 4 rings (SSSR count). The molecule has 1 aliphatic rings. The van der Waals surface area contributed by atoms with Crippen molar-refractivity contribution in [1.82, 2.24) is 20.1 Å². The van der Waals surface area contributed by atoms with Crippen LogP contribution in [0.15, 0.2) is 35.8 Å². The zero-order valence-corrected chi connectivity index (χ0v) is 16.6. The van der Waals surface area contributed by atoms with Crippen molar-refractivity contribution in [3.63, 3.8) is 0 Å². The minimum Gasteiger partial charge on any atom is -0.383 e. The van der Waals surface area contributed by atoms with Gasteiger partial charge >= 0.3 is 6.03 Å². The van der Waals surface area contributed by atoms with Crippen molar-refractivity contribution in [2.75, 3.05) is 37.0 Å². The second kappa shape index (κ2) is 7.99. The Labute approximate surface area is 167 Å². The Morgan fingerprint density at radius 1 is 1.32 bits per heavy atom. The summed E-state index contributed by atoms with van der Waals surface area (Å²) in [5, 5.41) is 13.5. The number of aryl methyl sites for hydroxylation is 1. The van der Waals surface area contributed by atoms with E-state index in [9.17, 15) is 4.79 Å². The van der Waals surface area contributed by atoms with Crippen LogP contribution in [0.4, 0.5) is 21.3 Å². The third kappa shape index (κ3) is 3.85. The van der Waals surface area contributed by atoms with E-state index in [1.807, 2.05) is 47.4 Å². The maximum atomic E-state index is 11.8. The fourth-order valence-corrected chi connectivity index (χ4v) is 3.78. The van der Waals surface area contributed by atoms with Crippen LogP contribution in [0.25, 0.3) is 11.3 Å². The number of methoxy groups -OCH3 is 1. The highest BCUT2D eigenvalue weighted by Gasteiger charge is 2.21. The largest absolute Gasteiger partial charge is 0.383 e. The maximum Gasteiger partial charge on any atom is 0.321 e. The lowest BCUT2D eigenvalue weighted by molar-refractivity contribution is 0.183. The summed E-state index contributed by atoms with van der Waals surface area (Å²) >= 11 is 1.55. The van der Waals surface area contributed by atoms with E-state index in [2.05, 4.69) is 20.7 Å². The van der Waals surface area contributed by atoms with Crippen LogP contribution in [0, 0.1) is 6.92 Å². The molecule has 0 radical (unpaired) electrons. The summed E-state index contributed by atoms with van der Waals surface area (Å²) < 4.78 is 6.96. The predicted molar refractivity (Wildman–Crippen MR) is 110 cm³/mol. The molecule has 0 saturated carbocycles. The summed E-state index contributed by atoms with van der Waals surface area (Å²) in [5.41, 5.74) is 4.66. The first-order chi connectivity index (χ1) is 13.6. The van der Waals surface area contributed by atoms with Gasteiger partial charge in [0, 0.05) is 43.0 Å². The minimum absolute atomic E-state index is 0.0469. The van der Waals surface area contributed by atoms with E-state index in [1.165, 1.54) is 0 Å². The summed E-state index contributed by atoms with van der Waals surface area (Å²) in [6.07, 6.45) is 1.96. The van der Waals surface area contributed by atoms with Crippen molar-refractivity contribution in [3.8, 4) is 11.3 Å². The molecule has 0 atom stereocenters. The third-order valence-corrected chi connectivity index (χ3v) is 5.31. The van der Waals surface area contributed by atoms with Crippen LogP contribution in [-0.4, -0.2) is 47.6 Å². The molecule has 0 aliphatic carbocycles. The molecular formula is C19H22N6O2S. The zero-order chi connectivity index (χ0) is 19.5. The average molecular weight is 398 g/mol. The van der Waals surface area contributed by atoms with Gasteiger partial charge in [-0.3, -0.25) is 9.58 Å². The molecule has 2 N–H and O–H groups in total. The highest BCUT2D eigenvalue weighted by molar-refractivity contribution is 7.14. The Kier molecular flexibility index (Phi) is 5.27. The number of carbonyl (C=O) groups is 1. The van der Waals surface area contributed by atoms with Gasteiger partial charge in [-0.1, -0.05) is 12.1 Å². The van der Waals surface area contributed by atoms with Gasteiger partial charge in [0.2, 0.25) is 0 Å². The van der Waals surface area contributed by atoms with E-state index in [0.29, 0.717) is 26.2 Å². The van der Waals surface area contributed by atoms with E-state index in [-0.39, 0.29) is 6.03 Å². The van der Waals surface area contributed by atoms with Crippen molar-refractivity contribution in [1.29, 1.82) is 0 Å². The highest BCUT2D eigenvalue weighted by atomic mass is 32.1. The van der Waals surface area contributed by atoms with Crippen LogP contribution in [0.1, 0.15) is 5.69 Å². The average Bonchev–Trinajstić information content (AvgIpc) is 3.42. The van der Waals surface area contributed by atoms with Crippen LogP contribution in [0.5, 0.6) is 0 Å². The van der Waals surface area contributed by atoms with Crippen LogP contribution in [0.3, 0.4) is 0 Å². The molecule has 0 spiro atoms. The Morgan fingerprint density at radius 3 is 2.86 bits per heavy atom. The zero-order valence-electron chi connectivity index (χ0n) is 15.8. The monoisotopic (exact) mass is 398 g/mol. The number of ether oxygens (including phenoxy) is 1. The third-order valence-electron chi connectivity index (χ3n) is 4.55. The Morgan fingerprint density at radius 2 is 2.14 bits per heavy atom. The standard InChI is InChI=1S/C19H22N6O2S/c1-13-16(11-24(23-13)9-10-27-2)21-18-22-17(12-28-18)14-3-5-15(6-4-14)25-8-7-20-19(25)26/h3-6,11-12H,7-10H2,1-2H3,(H,20,26)(H,21,22). The molecule has 0 unspecified atom stereocenters. The predicted octanol–water partition coefficient (Wildman–Crippen LogP) is 3.23. The van der Waals surface area contributed by atoms with Gasteiger partial charge in [0.05, 0.1) is 30.2 Å². The van der Waals surface area contributed by atoms with Gasteiger partial charge in [-0.25, -0.2) is 9.78 Å². The fraction of sp³-hybridized carbons (Fsp3) is 0.316. The van der Waals surface area contributed by atoms with Gasteiger partial charge in [-0.15, -0.1) is 11.3 Å². The minimum atomic E-state index is -0.0469. The van der Waals surface area contributed by atoms with Gasteiger partial charge in [-0.2, -0.15) is 5.10 Å². The lowest BCUT2D eigenvalue weighted by atomic mass is 10.1. The van der Waals surface area contributed by atoms with Crippen LogP contribution >= 0.6 is 11.3 Å². The molecule has 3 aromatic rings. The topological polar surface area (TPSA) is 84.3 Å². The number of hydrogen-bond donors (Lipinski definition) is 2. The summed E-state index contributed by atoms with van der Waals surface area (Å²) in [7, 11) is 1.68. The van der Waals surface area contributed by atoms with Crippen molar-refractivity contribution in [2.45, 2.75) is 13.5 Å². The number of anilines is 3. The highest BCUT2D eigenvalue weighted by Crippen LogP contribution is 2.29. The molecule has 1 fully saturated rings. The number of thiazole rings is 1. The van der Waals surface area contributed by atoms with Crippen LogP contribution < -0.4 is 15.5 Å². The number of rotatable bonds is 7. The molecule has 1 saturated heterocycles. The van der Waals surface area contributed by atoms with Gasteiger partial charge in [0.1, 0.15) is 0 Å². The molecule has 1 aliphatic heterocycles. The number of hydrogen-bond acceptors (Lipinski definition) is 6. The van der Waals surface area contributed by atoms with E-state index in [0.717, 1.165) is 33.5 Å². The van der Waals surface area contributed by atoms with E-state index in [4.69, 9.17) is 4.74 Å². The lowest BCUT2D eigenvalue weighted by Gasteiger charge is -2.14. The number of aromatic nitrogens is 3. The molecule has 3 heterocycles. The molecule has 2 aromatic heterocycles. The number of benzene rings is 1. The number of urea groups is 1. The summed E-state index contributed by atoms with van der Waals surface area (Å²) in [6, 6.07) is 7.85. The SMILES string of the molecule is COCCn1cc(Nc2nc(-c3ccc(N4CCNC4=O)cc3)cs2)c(C)n1. The van der Waals surface area contributed by atoms with E-state index < -0.39 is 0 Å². The van der Waals surface area contributed by atoms with Gasteiger partial charge in [-0.05, 0) is 19.1 Å². The van der Waals surface area contributed by atoms with Gasteiger partial charge in [0.15, 0.2) is 5.13 Å². The smallest absolute Gasteiger partial charge is 0.321 e. The Bertz CT molecular complexity index is 965. The normalized spacial score (nSPS) is 13.8. The molecule has 1 aromatic carbocycles. The molecule has 0 bridgehead atoms. The summed E-state index contributed by atoms with van der Waals surface area (Å²) in [5.74, 6) is 0. The molecule has 146 valence electrons. The quantitative estimate of drug-likeness (QED) is 0.638. The van der Waals surface area contributed by atoms with Crippen LogP contribution in [0.2, 0.25) is 0 Å². The molecule has 2 amide bonds. The fourth-order valence-electron chi connectivity index (χ4n) is 3.05. The second-order valence-corrected chi connectivity index (χ2v) is 7.34. The van der Waals surface area contributed by atoms with Gasteiger partial charge < -0.3 is 15.4 Å². The van der Waals surface area contributed by atoms with E-state index in [1.54, 1.807) is 23.3 Å². The first kappa shape index (κ1) is 18.5. The Balaban J connectivity index is 1.46. The van der Waals surface area contributed by atoms with E-state index >= 15 is 0 Å². The van der Waals surface area contributed by atoms with Crippen molar-refractivity contribution < 1.29 is 9.53 Å². The maximum absolute atomic E-state index is 11.8. The molecule has 9 heteroatoms. The van der Waals surface area contributed by atoms with Crippen molar-refractivity contribution in [2.24, 2.45) is 0 Å². The Hall–Kier alpha value is -2.91. The number of nitrogens with zero attached hydrogens (tertiary/aromatic N) is 4. The molecular weight excluding hydrogens is 376 g/mol. The lowest BCUT2D eigenvalue weighted by Crippen LogP contribution is -2.27. The number of amides is 2. The summed E-state index contributed by atoms with van der Waals surface area (Å²) in [6.45, 7) is 4.68. The first-order valence-corrected chi connectivity index (χ1v) is 9.93. The van der Waals surface area contributed by atoms with Gasteiger partial charge in [0.25, 0.3) is 0 Å². The first-order valence-electron chi connectivity index (χ1n) is 9.05.